The van der Waals surface area contributed by atoms with Crippen LogP contribution in [0.15, 0.2) is 24.1 Å². The summed E-state index contributed by atoms with van der Waals surface area (Å²) in [4.78, 5) is 1.14. The number of aliphatic hydroxyl groups is 1. The normalized spacial score (nSPS) is 12.7. The summed E-state index contributed by atoms with van der Waals surface area (Å²) in [6.07, 6.45) is 7.17. The topological polar surface area (TPSA) is 20.2 Å². The highest BCUT2D eigenvalue weighted by Gasteiger charge is 2.10. The Balaban J connectivity index is 2.22. The first-order valence-electron chi connectivity index (χ1n) is 5.58. The van der Waals surface area contributed by atoms with Crippen molar-refractivity contribution in [2.45, 2.75) is 45.1 Å². The molecule has 0 radical (unpaired) electrons. The third-order valence-corrected chi connectivity index (χ3v) is 3.71. The molecule has 0 aliphatic rings. The van der Waals surface area contributed by atoms with Crippen LogP contribution in [0.2, 0.25) is 0 Å². The summed E-state index contributed by atoms with van der Waals surface area (Å²) >= 11 is 1.66. The van der Waals surface area contributed by atoms with Gasteiger partial charge in [0.25, 0.3) is 0 Å². The second-order valence-electron chi connectivity index (χ2n) is 3.91. The van der Waals surface area contributed by atoms with Crippen LogP contribution < -0.4 is 0 Å². The third kappa shape index (κ3) is 4.18. The Kier molecular flexibility index (Phi) is 5.66. The minimum absolute atomic E-state index is 0.256. The van der Waals surface area contributed by atoms with Crippen LogP contribution in [0.5, 0.6) is 0 Å². The van der Waals surface area contributed by atoms with Gasteiger partial charge in [0.05, 0.1) is 6.10 Å². The van der Waals surface area contributed by atoms with E-state index >= 15 is 0 Å². The second-order valence-corrected chi connectivity index (χ2v) is 4.86. The van der Waals surface area contributed by atoms with Crippen molar-refractivity contribution >= 4 is 11.3 Å². The molecule has 0 spiro atoms. The smallest absolute Gasteiger partial charge is 0.0884 e. The van der Waals surface area contributed by atoms with Crippen molar-refractivity contribution in [3.63, 3.8) is 0 Å². The number of hydrogen-bond donors (Lipinski definition) is 1. The molecule has 84 valence electrons. The summed E-state index contributed by atoms with van der Waals surface area (Å²) in [5.74, 6) is 0. The van der Waals surface area contributed by atoms with E-state index in [1.165, 1.54) is 18.4 Å². The average molecular weight is 224 g/mol. The van der Waals surface area contributed by atoms with Crippen LogP contribution in [-0.2, 0) is 0 Å². The monoisotopic (exact) mass is 224 g/mol. The Morgan fingerprint density at radius 2 is 2.27 bits per heavy atom. The van der Waals surface area contributed by atoms with Gasteiger partial charge >= 0.3 is 0 Å². The summed E-state index contributed by atoms with van der Waals surface area (Å²) in [6.45, 7) is 5.76. The Labute approximate surface area is 96.5 Å². The molecule has 1 N–H and O–H groups in total. The first-order valence-corrected chi connectivity index (χ1v) is 6.46. The lowest BCUT2D eigenvalue weighted by molar-refractivity contribution is 0.166. The number of unbranched alkanes of at least 4 members (excludes halogenated alkanes) is 3. The van der Waals surface area contributed by atoms with E-state index in [0.29, 0.717) is 0 Å². The van der Waals surface area contributed by atoms with Crippen molar-refractivity contribution in [2.24, 2.45) is 0 Å². The van der Waals surface area contributed by atoms with E-state index in [1.54, 1.807) is 11.3 Å². The third-order valence-electron chi connectivity index (χ3n) is 2.59. The van der Waals surface area contributed by atoms with Gasteiger partial charge in [-0.15, -0.1) is 17.9 Å². The van der Waals surface area contributed by atoms with Gasteiger partial charge in [-0.2, -0.15) is 0 Å². The molecule has 1 rings (SSSR count). The van der Waals surface area contributed by atoms with Gasteiger partial charge in [-0.1, -0.05) is 18.9 Å². The Morgan fingerprint density at radius 3 is 2.87 bits per heavy atom. The fourth-order valence-corrected chi connectivity index (χ4v) is 2.61. The molecule has 1 unspecified atom stereocenters. The van der Waals surface area contributed by atoms with Gasteiger partial charge in [0.15, 0.2) is 0 Å². The molecule has 1 atom stereocenters. The maximum atomic E-state index is 9.94. The van der Waals surface area contributed by atoms with E-state index in [2.05, 4.69) is 19.6 Å². The Morgan fingerprint density at radius 1 is 1.47 bits per heavy atom. The number of allylic oxidation sites excluding steroid dienone is 1. The highest BCUT2D eigenvalue weighted by atomic mass is 32.1. The molecule has 1 nitrogen and oxygen atoms in total. The number of rotatable bonds is 7. The van der Waals surface area contributed by atoms with Gasteiger partial charge in [-0.05, 0) is 43.2 Å². The lowest BCUT2D eigenvalue weighted by atomic mass is 10.1. The van der Waals surface area contributed by atoms with E-state index in [1.807, 2.05) is 11.5 Å². The van der Waals surface area contributed by atoms with Gasteiger partial charge in [-0.3, -0.25) is 0 Å². The highest BCUT2D eigenvalue weighted by Crippen LogP contribution is 2.27. The van der Waals surface area contributed by atoms with E-state index in [4.69, 9.17) is 0 Å². The summed E-state index contributed by atoms with van der Waals surface area (Å²) in [6, 6.07) is 2.07. The SMILES string of the molecule is C=CCCCCCC(O)c1sccc1C. The van der Waals surface area contributed by atoms with Crippen LogP contribution in [0.25, 0.3) is 0 Å². The van der Waals surface area contributed by atoms with E-state index in [-0.39, 0.29) is 6.10 Å². The van der Waals surface area contributed by atoms with Crippen molar-refractivity contribution in [1.29, 1.82) is 0 Å². The molecular formula is C13H20OS. The molecule has 0 saturated heterocycles. The van der Waals surface area contributed by atoms with E-state index in [9.17, 15) is 5.11 Å². The zero-order valence-electron chi connectivity index (χ0n) is 9.41. The molecule has 0 amide bonds. The van der Waals surface area contributed by atoms with Gasteiger partial charge < -0.3 is 5.11 Å². The minimum atomic E-state index is -0.256. The fraction of sp³-hybridized carbons (Fsp3) is 0.538. The number of aryl methyl sites for hydroxylation is 1. The number of hydrogen-bond acceptors (Lipinski definition) is 2. The largest absolute Gasteiger partial charge is 0.388 e. The number of thiophene rings is 1. The van der Waals surface area contributed by atoms with Gasteiger partial charge in [-0.25, -0.2) is 0 Å². The summed E-state index contributed by atoms with van der Waals surface area (Å²) in [5, 5.41) is 12.0. The van der Waals surface area contributed by atoms with Crippen molar-refractivity contribution in [3.8, 4) is 0 Å². The maximum absolute atomic E-state index is 9.94. The first kappa shape index (κ1) is 12.5. The van der Waals surface area contributed by atoms with Crippen LogP contribution in [0.1, 0.15) is 48.6 Å². The lowest BCUT2D eigenvalue weighted by Crippen LogP contribution is -1.96. The molecule has 0 bridgehead atoms. The molecule has 0 fully saturated rings. The van der Waals surface area contributed by atoms with Crippen molar-refractivity contribution in [1.82, 2.24) is 0 Å². The zero-order chi connectivity index (χ0) is 11.1. The Hall–Kier alpha value is -0.600. The maximum Gasteiger partial charge on any atom is 0.0884 e. The molecule has 0 saturated carbocycles. The quantitative estimate of drug-likeness (QED) is 0.543. The minimum Gasteiger partial charge on any atom is -0.388 e. The molecule has 1 aromatic rings. The summed E-state index contributed by atoms with van der Waals surface area (Å²) in [7, 11) is 0. The molecule has 1 aromatic heterocycles. The molecule has 0 aromatic carbocycles. The van der Waals surface area contributed by atoms with Crippen molar-refractivity contribution in [2.75, 3.05) is 0 Å². The van der Waals surface area contributed by atoms with Gasteiger partial charge in [0.1, 0.15) is 0 Å². The number of aliphatic hydroxyl groups excluding tert-OH is 1. The standard InChI is InChI=1S/C13H20OS/c1-3-4-5-6-7-8-12(14)13-11(2)9-10-15-13/h3,9-10,12,14H,1,4-8H2,2H3. The van der Waals surface area contributed by atoms with Crippen molar-refractivity contribution < 1.29 is 5.11 Å². The molecular weight excluding hydrogens is 204 g/mol. The van der Waals surface area contributed by atoms with Crippen LogP contribution in [-0.4, -0.2) is 5.11 Å². The molecule has 15 heavy (non-hydrogen) atoms. The van der Waals surface area contributed by atoms with E-state index < -0.39 is 0 Å². The zero-order valence-corrected chi connectivity index (χ0v) is 10.2. The predicted molar refractivity (Wildman–Crippen MR) is 67.3 cm³/mol. The fourth-order valence-electron chi connectivity index (χ4n) is 1.66. The van der Waals surface area contributed by atoms with Crippen LogP contribution in [0.4, 0.5) is 0 Å². The van der Waals surface area contributed by atoms with Gasteiger partial charge in [0, 0.05) is 4.88 Å². The van der Waals surface area contributed by atoms with Crippen LogP contribution >= 0.6 is 11.3 Å². The van der Waals surface area contributed by atoms with Crippen molar-refractivity contribution in [3.05, 3.63) is 34.5 Å². The molecule has 2 heteroatoms. The summed E-state index contributed by atoms with van der Waals surface area (Å²) < 4.78 is 0. The lowest BCUT2D eigenvalue weighted by Gasteiger charge is -2.09. The van der Waals surface area contributed by atoms with Crippen LogP contribution in [0, 0.1) is 6.92 Å². The van der Waals surface area contributed by atoms with Crippen LogP contribution in [0.3, 0.4) is 0 Å². The predicted octanol–water partition coefficient (Wildman–Crippen LogP) is 4.23. The average Bonchev–Trinajstić information content (AvgIpc) is 2.64. The second kappa shape index (κ2) is 6.81. The highest BCUT2D eigenvalue weighted by molar-refractivity contribution is 7.10. The summed E-state index contributed by atoms with van der Waals surface area (Å²) in [5.41, 5.74) is 1.22. The molecule has 1 heterocycles. The molecule has 0 aliphatic carbocycles. The van der Waals surface area contributed by atoms with Gasteiger partial charge in [0.2, 0.25) is 0 Å². The molecule has 0 aliphatic heterocycles. The van der Waals surface area contributed by atoms with E-state index in [0.717, 1.165) is 24.1 Å². The Bertz CT molecular complexity index is 290. The first-order chi connectivity index (χ1) is 7.25.